The molecule has 11 nitrogen and oxygen atoms in total. The van der Waals surface area contributed by atoms with Gasteiger partial charge < -0.3 is 24.0 Å². The Morgan fingerprint density at radius 2 is 1.50 bits per heavy atom. The number of hydrogen-bond donors (Lipinski definition) is 3. The summed E-state index contributed by atoms with van der Waals surface area (Å²) >= 11 is 0. The Morgan fingerprint density at radius 3 is 1.89 bits per heavy atom. The number of nitrogens with two attached hydrogens (primary N) is 2. The van der Waals surface area contributed by atoms with E-state index >= 15 is 0 Å². The van der Waals surface area contributed by atoms with Crippen molar-refractivity contribution in [2.75, 3.05) is 11.5 Å². The van der Waals surface area contributed by atoms with E-state index in [1.54, 1.807) is 0 Å². The van der Waals surface area contributed by atoms with Crippen molar-refractivity contribution in [1.29, 1.82) is 0 Å². The number of hydrogen-bond acceptors (Lipinski definition) is 8. The summed E-state index contributed by atoms with van der Waals surface area (Å²) in [5, 5.41) is 29.2. The maximum atomic E-state index is 10.5. The van der Waals surface area contributed by atoms with Crippen LogP contribution in [0.1, 0.15) is 30.9 Å². The molecule has 1 radical (unpaired) electrons. The van der Waals surface area contributed by atoms with Gasteiger partial charge in [0.05, 0.1) is 15.4 Å². The minimum atomic E-state index is -1.22. The van der Waals surface area contributed by atoms with Crippen LogP contribution in [0.5, 0.6) is 0 Å². The molecule has 0 fully saturated rings. The van der Waals surface area contributed by atoms with Gasteiger partial charge in [-0.2, -0.15) is 0 Å². The van der Waals surface area contributed by atoms with Gasteiger partial charge in [0.15, 0.2) is 0 Å². The number of nitro groups is 2. The first-order valence-corrected chi connectivity index (χ1v) is 6.36. The van der Waals surface area contributed by atoms with Crippen LogP contribution in [0.25, 0.3) is 0 Å². The van der Waals surface area contributed by atoms with Crippen molar-refractivity contribution >= 4 is 35.0 Å². The molecule has 2 rings (SSSR count). The first-order chi connectivity index (χ1) is 12.0. The summed E-state index contributed by atoms with van der Waals surface area (Å²) in [5.74, 6) is -1.22. The predicted octanol–water partition coefficient (Wildman–Crippen LogP) is 3.19. The Hall–Kier alpha value is -3.44. The van der Waals surface area contributed by atoms with Crippen LogP contribution in [0.15, 0.2) is 36.4 Å². The van der Waals surface area contributed by atoms with Gasteiger partial charge in [-0.25, -0.2) is 4.79 Å². The molecule has 0 saturated heterocycles. The average Bonchev–Trinajstić information content (AvgIpc) is 2.55. The number of benzene rings is 2. The van der Waals surface area contributed by atoms with Gasteiger partial charge in [-0.3, -0.25) is 25.0 Å². The fourth-order valence-corrected chi connectivity index (χ4v) is 1.60. The quantitative estimate of drug-likeness (QED) is 0.213. The Kier molecular flexibility index (Phi) is 12.3. The molecular weight excluding hydrogens is 411 g/mol. The standard InChI is InChI=1S/C7H6N2O4.C7H6N2O3.CH4.CH3.V.H2/c8-5-2-1-4(7(10)11)3-6(5)9(12)13;8-6-2-1-5(4-10)3-7(6)9(11)12;;;;/h1-3H,8H2,(H,10,11);1-4H,8H2;1H4;1H3;;1H/q;;;-1;;/i;4D;;;;1+1. The first-order valence-electron chi connectivity index (χ1n) is 6.86. The van der Waals surface area contributed by atoms with Crippen LogP contribution in [-0.2, 0) is 18.6 Å². The molecular formula is C16H21N4O7V-. The van der Waals surface area contributed by atoms with Crippen LogP contribution < -0.4 is 11.5 Å². The molecule has 0 aliphatic rings. The Morgan fingerprint density at radius 1 is 1.07 bits per heavy atom. The minimum Gasteiger partial charge on any atom is -0.478 e. The smallest absolute Gasteiger partial charge is 0.335 e. The van der Waals surface area contributed by atoms with Crippen LogP contribution in [0.4, 0.5) is 22.7 Å². The van der Waals surface area contributed by atoms with E-state index in [0.717, 1.165) is 12.1 Å². The van der Waals surface area contributed by atoms with Gasteiger partial charge in [0, 0.05) is 37.7 Å². The Balaban J connectivity index is -0.000000199. The number of aromatic carboxylic acids is 1. The molecule has 2 aromatic carbocycles. The Bertz CT molecular complexity index is 840. The second-order valence-electron chi connectivity index (χ2n) is 4.47. The largest absolute Gasteiger partial charge is 0.478 e. The molecule has 0 amide bonds. The van der Waals surface area contributed by atoms with Gasteiger partial charge in [0.1, 0.15) is 19.0 Å². The summed E-state index contributed by atoms with van der Waals surface area (Å²) in [5.41, 5.74) is 9.54. The summed E-state index contributed by atoms with van der Waals surface area (Å²) in [4.78, 5) is 40.2. The van der Waals surface area contributed by atoms with E-state index in [2.05, 4.69) is 0 Å². The van der Waals surface area contributed by atoms with E-state index in [0.29, 0.717) is 0 Å². The fourth-order valence-electron chi connectivity index (χ4n) is 1.60. The summed E-state index contributed by atoms with van der Waals surface area (Å²) in [6, 6.07) is 6.84. The predicted molar refractivity (Wildman–Crippen MR) is 103 cm³/mol. The second-order valence-corrected chi connectivity index (χ2v) is 4.47. The molecule has 0 heterocycles. The number of anilines is 2. The number of nitrogens with zero attached hydrogens (tertiary/aromatic N) is 2. The van der Waals surface area contributed by atoms with E-state index in [9.17, 15) is 29.8 Å². The summed E-state index contributed by atoms with van der Waals surface area (Å²) in [7, 11) is 0. The zero-order valence-corrected chi connectivity index (χ0v) is 15.3. The van der Waals surface area contributed by atoms with Crippen LogP contribution in [0, 0.1) is 27.7 Å². The van der Waals surface area contributed by atoms with Gasteiger partial charge in [-0.15, -0.1) is 0 Å². The number of rotatable bonds is 4. The number of carbonyl (C=O) groups excluding carboxylic acids is 1. The normalized spacial score (nSPS) is 8.93. The van der Waals surface area contributed by atoms with Crippen molar-refractivity contribution in [2.45, 2.75) is 7.43 Å². The molecule has 0 spiro atoms. The monoisotopic (exact) mass is 434 g/mol. The van der Waals surface area contributed by atoms with Crippen LogP contribution in [0.2, 0.25) is 0 Å². The van der Waals surface area contributed by atoms with Gasteiger partial charge in [0.2, 0.25) is 0 Å². The Labute approximate surface area is 175 Å². The van der Waals surface area contributed by atoms with Crippen LogP contribution in [0.3, 0.4) is 0 Å². The van der Waals surface area contributed by atoms with Gasteiger partial charge >= 0.3 is 5.97 Å². The minimum absolute atomic E-state index is 0. The number of carboxylic acid groups (broad SMARTS) is 1. The maximum absolute atomic E-state index is 10.5. The molecule has 153 valence electrons. The zero-order chi connectivity index (χ0) is 20.0. The topological polar surface area (TPSA) is 193 Å². The molecule has 0 aliphatic carbocycles. The average molecular weight is 434 g/mol. The third-order valence-corrected chi connectivity index (χ3v) is 2.82. The van der Waals surface area contributed by atoms with Crippen molar-refractivity contribution < 1.29 is 45.9 Å². The van der Waals surface area contributed by atoms with Crippen molar-refractivity contribution in [2.24, 2.45) is 0 Å². The maximum Gasteiger partial charge on any atom is 0.335 e. The van der Waals surface area contributed by atoms with Crippen molar-refractivity contribution in [1.82, 2.24) is 0 Å². The molecule has 0 aromatic heterocycles. The summed E-state index contributed by atoms with van der Waals surface area (Å²) < 4.78 is 6.72. The van der Waals surface area contributed by atoms with Gasteiger partial charge in [-0.1, -0.05) is 7.43 Å². The molecule has 0 aliphatic heterocycles. The van der Waals surface area contributed by atoms with E-state index in [1.165, 1.54) is 24.3 Å². The number of carbonyl (C=O) groups is 2. The SMILES string of the molecule is C.Nc1ccc(C(=O)O)cc1[N+](=O)[O-].[2HH].[2H]C(=O)c1ccc(N)c([N+](=O)[O-])c1.[CH3-].[V]. The number of nitrogen functional groups attached to an aromatic ring is 2. The molecule has 0 bridgehead atoms. The number of aldehydes is 1. The van der Waals surface area contributed by atoms with Crippen molar-refractivity contribution in [3.8, 4) is 0 Å². The zero-order valence-electron chi connectivity index (χ0n) is 14.9. The van der Waals surface area contributed by atoms with Crippen molar-refractivity contribution in [3.63, 3.8) is 0 Å². The first kappa shape index (κ1) is 26.8. The third kappa shape index (κ3) is 7.85. The van der Waals surface area contributed by atoms with Gasteiger partial charge in [-0.05, 0) is 24.3 Å². The van der Waals surface area contributed by atoms with Gasteiger partial charge in [0.25, 0.3) is 11.4 Å². The van der Waals surface area contributed by atoms with E-state index in [-0.39, 0.29) is 68.7 Å². The third-order valence-electron chi connectivity index (χ3n) is 2.82. The summed E-state index contributed by atoms with van der Waals surface area (Å²) in [6.45, 7) is 0. The van der Waals surface area contributed by atoms with E-state index in [1.807, 2.05) is 0 Å². The molecule has 28 heavy (non-hydrogen) atoms. The van der Waals surface area contributed by atoms with E-state index < -0.39 is 22.1 Å². The fraction of sp³-hybridized carbons (Fsp3) is 0.0625. The number of carboxylic acids is 1. The molecule has 0 unspecified atom stereocenters. The van der Waals surface area contributed by atoms with E-state index in [4.69, 9.17) is 17.9 Å². The second kappa shape index (κ2) is 12.8. The molecule has 0 atom stereocenters. The molecule has 2 aromatic rings. The van der Waals surface area contributed by atoms with Crippen LogP contribution >= 0.6 is 0 Å². The van der Waals surface area contributed by atoms with Crippen LogP contribution in [-0.4, -0.2) is 27.2 Å². The van der Waals surface area contributed by atoms with Crippen molar-refractivity contribution in [3.05, 3.63) is 75.2 Å². The summed E-state index contributed by atoms with van der Waals surface area (Å²) in [6.07, 6.45) is -0.969. The molecule has 5 N–H and O–H groups in total. The number of nitro benzene ring substituents is 2. The molecule has 0 saturated carbocycles. The molecule has 12 heteroatoms.